The third kappa shape index (κ3) is 1.31. The van der Waals surface area contributed by atoms with E-state index in [0.29, 0.717) is 0 Å². The van der Waals surface area contributed by atoms with Crippen LogP contribution >= 0.6 is 23.3 Å². The predicted octanol–water partition coefficient (Wildman–Crippen LogP) is 1.70. The van der Waals surface area contributed by atoms with E-state index in [1.54, 1.807) is 11.3 Å². The Balaban J connectivity index is 2.25. The van der Waals surface area contributed by atoms with Crippen LogP contribution in [0.15, 0.2) is 16.3 Å². The Kier molecular flexibility index (Phi) is 1.72. The molecule has 0 radical (unpaired) electrons. The largest absolute Gasteiger partial charge is 0.384 e. The van der Waals surface area contributed by atoms with Crippen molar-refractivity contribution in [3.8, 4) is 0 Å². The number of hydrogen-bond donors (Lipinski definition) is 2. The first-order valence-corrected chi connectivity index (χ1v) is 5.14. The quantitative estimate of drug-likeness (QED) is 0.693. The Morgan fingerprint density at radius 2 is 2.27 bits per heavy atom. The summed E-state index contributed by atoms with van der Waals surface area (Å²) in [6, 6.07) is 3.92. The molecule has 2 nitrogen and oxygen atoms in total. The summed E-state index contributed by atoms with van der Waals surface area (Å²) in [5.41, 5.74) is -0.487. The second-order valence-electron chi connectivity index (χ2n) is 2.77. The summed E-state index contributed by atoms with van der Waals surface area (Å²) in [6.07, 6.45) is 1.81. The molecule has 1 aromatic heterocycles. The van der Waals surface area contributed by atoms with Crippen LogP contribution in [0.3, 0.4) is 0 Å². The highest BCUT2D eigenvalue weighted by Crippen LogP contribution is 2.48. The lowest BCUT2D eigenvalue weighted by molar-refractivity contribution is 0.155. The van der Waals surface area contributed by atoms with E-state index in [1.165, 1.54) is 11.9 Å². The molecular formula is C7H9NOS2. The van der Waals surface area contributed by atoms with Crippen LogP contribution in [0, 0.1) is 0 Å². The molecule has 0 atom stereocenters. The molecule has 11 heavy (non-hydrogen) atoms. The van der Waals surface area contributed by atoms with E-state index >= 15 is 0 Å². The van der Waals surface area contributed by atoms with Crippen molar-refractivity contribution in [2.45, 2.75) is 22.7 Å². The van der Waals surface area contributed by atoms with Gasteiger partial charge in [-0.3, -0.25) is 5.14 Å². The summed E-state index contributed by atoms with van der Waals surface area (Å²) in [5, 5.41) is 15.0. The van der Waals surface area contributed by atoms with Gasteiger partial charge in [0.1, 0.15) is 0 Å². The SMILES string of the molecule is NSc1ccc(C2(O)CC2)s1. The van der Waals surface area contributed by atoms with Crippen LogP contribution in [-0.2, 0) is 5.60 Å². The first-order chi connectivity index (χ1) is 5.24. The fraction of sp³-hybridized carbons (Fsp3) is 0.429. The van der Waals surface area contributed by atoms with Gasteiger partial charge in [-0.15, -0.1) is 11.3 Å². The van der Waals surface area contributed by atoms with E-state index in [1.807, 2.05) is 12.1 Å². The van der Waals surface area contributed by atoms with E-state index in [4.69, 9.17) is 5.14 Å². The molecule has 2 rings (SSSR count). The average molecular weight is 187 g/mol. The van der Waals surface area contributed by atoms with Gasteiger partial charge < -0.3 is 5.11 Å². The van der Waals surface area contributed by atoms with Crippen LogP contribution in [0.2, 0.25) is 0 Å². The van der Waals surface area contributed by atoms with Crippen molar-refractivity contribution in [3.63, 3.8) is 0 Å². The van der Waals surface area contributed by atoms with E-state index < -0.39 is 5.60 Å². The van der Waals surface area contributed by atoms with Gasteiger partial charge in [0.25, 0.3) is 0 Å². The monoisotopic (exact) mass is 187 g/mol. The highest BCUT2D eigenvalue weighted by Gasteiger charge is 2.43. The van der Waals surface area contributed by atoms with Crippen molar-refractivity contribution >= 4 is 23.3 Å². The highest BCUT2D eigenvalue weighted by molar-refractivity contribution is 7.99. The van der Waals surface area contributed by atoms with Crippen molar-refractivity contribution in [2.75, 3.05) is 0 Å². The molecule has 1 saturated carbocycles. The molecule has 0 saturated heterocycles. The molecule has 0 spiro atoms. The maximum absolute atomic E-state index is 9.67. The molecule has 60 valence electrons. The summed E-state index contributed by atoms with van der Waals surface area (Å²) in [4.78, 5) is 1.06. The Morgan fingerprint density at radius 1 is 1.55 bits per heavy atom. The van der Waals surface area contributed by atoms with Crippen LogP contribution < -0.4 is 5.14 Å². The van der Waals surface area contributed by atoms with E-state index in [0.717, 1.165) is 21.9 Å². The van der Waals surface area contributed by atoms with Gasteiger partial charge >= 0.3 is 0 Å². The molecule has 1 aliphatic carbocycles. The van der Waals surface area contributed by atoms with Gasteiger partial charge in [0.15, 0.2) is 0 Å². The summed E-state index contributed by atoms with van der Waals surface area (Å²) in [6.45, 7) is 0. The lowest BCUT2D eigenvalue weighted by Crippen LogP contribution is -1.99. The molecule has 1 fully saturated rings. The highest BCUT2D eigenvalue weighted by atomic mass is 32.2. The number of thiophene rings is 1. The molecule has 0 aliphatic heterocycles. The van der Waals surface area contributed by atoms with Crippen LogP contribution in [0.5, 0.6) is 0 Å². The van der Waals surface area contributed by atoms with Gasteiger partial charge in [0.2, 0.25) is 0 Å². The van der Waals surface area contributed by atoms with E-state index in [9.17, 15) is 5.11 Å². The summed E-state index contributed by atoms with van der Waals surface area (Å²) in [5.74, 6) is 0. The van der Waals surface area contributed by atoms with Gasteiger partial charge in [-0.1, -0.05) is 0 Å². The average Bonchev–Trinajstić information content (AvgIpc) is 2.61. The van der Waals surface area contributed by atoms with Crippen LogP contribution in [0.1, 0.15) is 17.7 Å². The maximum Gasteiger partial charge on any atom is 0.0990 e. The van der Waals surface area contributed by atoms with Crippen molar-refractivity contribution in [1.82, 2.24) is 0 Å². The lowest BCUT2D eigenvalue weighted by atomic mass is 10.3. The zero-order valence-electron chi connectivity index (χ0n) is 5.91. The Morgan fingerprint density at radius 3 is 2.73 bits per heavy atom. The summed E-state index contributed by atoms with van der Waals surface area (Å²) >= 11 is 2.83. The van der Waals surface area contributed by atoms with Gasteiger partial charge in [-0.05, 0) is 36.9 Å². The number of rotatable bonds is 2. The second-order valence-corrected chi connectivity index (χ2v) is 4.79. The Labute approximate surface area is 73.6 Å². The molecular weight excluding hydrogens is 178 g/mol. The van der Waals surface area contributed by atoms with Crippen molar-refractivity contribution in [3.05, 3.63) is 17.0 Å². The minimum absolute atomic E-state index is 0.487. The zero-order valence-corrected chi connectivity index (χ0v) is 7.54. The third-order valence-electron chi connectivity index (χ3n) is 1.88. The Hall–Kier alpha value is -0.0300. The first kappa shape index (κ1) is 7.61. The maximum atomic E-state index is 9.67. The van der Waals surface area contributed by atoms with E-state index in [-0.39, 0.29) is 0 Å². The molecule has 4 heteroatoms. The smallest absolute Gasteiger partial charge is 0.0990 e. The topological polar surface area (TPSA) is 46.2 Å². The van der Waals surface area contributed by atoms with Crippen molar-refractivity contribution in [1.29, 1.82) is 0 Å². The fourth-order valence-corrected chi connectivity index (χ4v) is 2.49. The fourth-order valence-electron chi connectivity index (χ4n) is 0.998. The molecule has 1 aromatic rings. The second kappa shape index (κ2) is 2.48. The van der Waals surface area contributed by atoms with Crippen LogP contribution in [-0.4, -0.2) is 5.11 Å². The zero-order chi connectivity index (χ0) is 7.90. The normalized spacial score (nSPS) is 20.2. The van der Waals surface area contributed by atoms with Gasteiger partial charge in [-0.25, -0.2) is 0 Å². The molecule has 0 amide bonds. The Bertz CT molecular complexity index is 267. The first-order valence-electron chi connectivity index (χ1n) is 3.44. The lowest BCUT2D eigenvalue weighted by Gasteiger charge is -2.00. The molecule has 0 bridgehead atoms. The number of hydrogen-bond acceptors (Lipinski definition) is 4. The minimum atomic E-state index is -0.487. The van der Waals surface area contributed by atoms with Gasteiger partial charge in [-0.2, -0.15) is 0 Å². The van der Waals surface area contributed by atoms with Gasteiger partial charge in [0.05, 0.1) is 9.81 Å². The van der Waals surface area contributed by atoms with Crippen LogP contribution in [0.4, 0.5) is 0 Å². The summed E-state index contributed by atoms with van der Waals surface area (Å²) in [7, 11) is 0. The molecule has 3 N–H and O–H groups in total. The van der Waals surface area contributed by atoms with Crippen molar-refractivity contribution in [2.24, 2.45) is 5.14 Å². The predicted molar refractivity (Wildman–Crippen MR) is 47.5 cm³/mol. The molecule has 1 heterocycles. The molecule has 0 unspecified atom stereocenters. The third-order valence-corrected chi connectivity index (χ3v) is 3.86. The standard InChI is InChI=1S/C7H9NOS2/c8-11-6-2-1-5(10-6)7(9)3-4-7/h1-2,9H,3-4,8H2. The molecule has 1 aliphatic rings. The number of nitrogens with two attached hydrogens (primary N) is 1. The van der Waals surface area contributed by atoms with Crippen LogP contribution in [0.25, 0.3) is 0 Å². The summed E-state index contributed by atoms with van der Waals surface area (Å²) < 4.78 is 1.07. The van der Waals surface area contributed by atoms with Crippen molar-refractivity contribution < 1.29 is 5.11 Å². The van der Waals surface area contributed by atoms with Gasteiger partial charge in [0, 0.05) is 4.88 Å². The number of aliphatic hydroxyl groups is 1. The minimum Gasteiger partial charge on any atom is -0.384 e. The molecule has 0 aromatic carbocycles. The van der Waals surface area contributed by atoms with E-state index in [2.05, 4.69) is 0 Å².